The molecular formula is C16H22N4O. The molecule has 0 atom stereocenters. The molecule has 1 aromatic heterocycles. The van der Waals surface area contributed by atoms with Crippen molar-refractivity contribution >= 4 is 16.9 Å². The van der Waals surface area contributed by atoms with E-state index < -0.39 is 0 Å². The number of aromatic nitrogens is 1. The second-order valence-electron chi connectivity index (χ2n) is 5.79. The number of carbonyl (C=O) groups excluding carboxylic acids is 1. The van der Waals surface area contributed by atoms with E-state index >= 15 is 0 Å². The van der Waals surface area contributed by atoms with Gasteiger partial charge >= 0.3 is 6.03 Å². The first-order chi connectivity index (χ1) is 10.2. The summed E-state index contributed by atoms with van der Waals surface area (Å²) in [4.78, 5) is 17.5. The van der Waals surface area contributed by atoms with E-state index in [1.165, 1.54) is 5.39 Å². The first-order valence-electron chi connectivity index (χ1n) is 7.50. The highest BCUT2D eigenvalue weighted by atomic mass is 16.2. The Hall–Kier alpha value is -2.01. The van der Waals surface area contributed by atoms with Gasteiger partial charge in [-0.1, -0.05) is 18.2 Å². The number of nitrogens with one attached hydrogen (secondary N) is 3. The van der Waals surface area contributed by atoms with E-state index in [0.29, 0.717) is 12.6 Å². The molecule has 2 amide bonds. The average molecular weight is 286 g/mol. The van der Waals surface area contributed by atoms with Crippen molar-refractivity contribution in [1.82, 2.24) is 20.5 Å². The van der Waals surface area contributed by atoms with Crippen LogP contribution in [0, 0.1) is 0 Å². The Labute approximate surface area is 124 Å². The summed E-state index contributed by atoms with van der Waals surface area (Å²) >= 11 is 0. The zero-order valence-corrected chi connectivity index (χ0v) is 12.4. The quantitative estimate of drug-likeness (QED) is 0.809. The van der Waals surface area contributed by atoms with Crippen LogP contribution >= 0.6 is 0 Å². The number of hydrogen-bond acceptors (Lipinski definition) is 2. The molecule has 3 rings (SSSR count). The van der Waals surface area contributed by atoms with Crippen molar-refractivity contribution in [1.29, 1.82) is 0 Å². The van der Waals surface area contributed by atoms with Crippen molar-refractivity contribution < 1.29 is 4.79 Å². The van der Waals surface area contributed by atoms with Crippen LogP contribution in [0.25, 0.3) is 10.9 Å². The van der Waals surface area contributed by atoms with Gasteiger partial charge in [0.25, 0.3) is 0 Å². The Morgan fingerprint density at radius 2 is 2.10 bits per heavy atom. The Bertz CT molecular complexity index is 581. The molecule has 0 unspecified atom stereocenters. The third kappa shape index (κ3) is 3.55. The second-order valence-corrected chi connectivity index (χ2v) is 5.79. The van der Waals surface area contributed by atoms with Crippen LogP contribution in [-0.2, 0) is 6.54 Å². The van der Waals surface area contributed by atoms with Crippen LogP contribution < -0.4 is 10.6 Å². The number of rotatable bonds is 3. The third-order valence-corrected chi connectivity index (χ3v) is 4.08. The van der Waals surface area contributed by atoms with Gasteiger partial charge in [-0.25, -0.2) is 4.79 Å². The van der Waals surface area contributed by atoms with Crippen molar-refractivity contribution in [2.75, 3.05) is 20.1 Å². The molecule has 1 aromatic carbocycles. The lowest BCUT2D eigenvalue weighted by Crippen LogP contribution is -2.46. The van der Waals surface area contributed by atoms with Crippen LogP contribution in [-0.4, -0.2) is 42.1 Å². The van der Waals surface area contributed by atoms with Crippen LogP contribution in [0.2, 0.25) is 0 Å². The molecule has 1 aliphatic heterocycles. The Balaban J connectivity index is 1.49. The van der Waals surface area contributed by atoms with Crippen molar-refractivity contribution in [3.63, 3.8) is 0 Å². The van der Waals surface area contributed by atoms with E-state index in [4.69, 9.17) is 0 Å². The zero-order chi connectivity index (χ0) is 14.7. The van der Waals surface area contributed by atoms with Gasteiger partial charge in [0.15, 0.2) is 0 Å². The maximum absolute atomic E-state index is 11.9. The standard InChI is InChI=1S/C16H22N4O/c1-20-8-6-13(7-9-20)19-16(21)17-11-14-10-12-4-2-3-5-15(12)18-14/h2-5,10,13,18H,6-9,11H2,1H3,(H2,17,19,21). The van der Waals surface area contributed by atoms with Gasteiger partial charge in [0.05, 0.1) is 6.54 Å². The number of para-hydroxylation sites is 1. The minimum Gasteiger partial charge on any atom is -0.357 e. The predicted molar refractivity (Wildman–Crippen MR) is 84.2 cm³/mol. The molecule has 21 heavy (non-hydrogen) atoms. The van der Waals surface area contributed by atoms with Crippen molar-refractivity contribution in [2.45, 2.75) is 25.4 Å². The number of hydrogen-bond donors (Lipinski definition) is 3. The molecular weight excluding hydrogens is 264 g/mol. The van der Waals surface area contributed by atoms with Gasteiger partial charge < -0.3 is 20.5 Å². The molecule has 5 heteroatoms. The number of benzene rings is 1. The highest BCUT2D eigenvalue weighted by molar-refractivity contribution is 5.80. The molecule has 112 valence electrons. The number of likely N-dealkylation sites (tertiary alicyclic amines) is 1. The molecule has 0 bridgehead atoms. The molecule has 2 aromatic rings. The van der Waals surface area contributed by atoms with Crippen LogP contribution in [0.4, 0.5) is 4.79 Å². The number of H-pyrrole nitrogens is 1. The molecule has 1 saturated heterocycles. The summed E-state index contributed by atoms with van der Waals surface area (Å²) < 4.78 is 0. The van der Waals surface area contributed by atoms with Crippen LogP contribution in [0.5, 0.6) is 0 Å². The fourth-order valence-corrected chi connectivity index (χ4v) is 2.79. The first kappa shape index (κ1) is 13.9. The van der Waals surface area contributed by atoms with Gasteiger partial charge in [-0.05, 0) is 50.5 Å². The van der Waals surface area contributed by atoms with Crippen molar-refractivity contribution in [3.8, 4) is 0 Å². The molecule has 0 radical (unpaired) electrons. The lowest BCUT2D eigenvalue weighted by molar-refractivity contribution is 0.213. The SMILES string of the molecule is CN1CCC(NC(=O)NCc2cc3ccccc3[nH]2)CC1. The number of urea groups is 1. The lowest BCUT2D eigenvalue weighted by Gasteiger charge is -2.29. The third-order valence-electron chi connectivity index (χ3n) is 4.08. The molecule has 3 N–H and O–H groups in total. The average Bonchev–Trinajstić information content (AvgIpc) is 2.90. The van der Waals surface area contributed by atoms with E-state index in [9.17, 15) is 4.79 Å². The number of aromatic amines is 1. The number of piperidine rings is 1. The number of fused-ring (bicyclic) bond motifs is 1. The van der Waals surface area contributed by atoms with Gasteiger partial charge in [0.1, 0.15) is 0 Å². The van der Waals surface area contributed by atoms with E-state index in [0.717, 1.165) is 37.1 Å². The fraction of sp³-hybridized carbons (Fsp3) is 0.438. The van der Waals surface area contributed by atoms with Gasteiger partial charge in [0.2, 0.25) is 0 Å². The zero-order valence-electron chi connectivity index (χ0n) is 12.4. The molecule has 1 fully saturated rings. The Morgan fingerprint density at radius 3 is 2.86 bits per heavy atom. The minimum atomic E-state index is -0.0804. The van der Waals surface area contributed by atoms with Gasteiger partial charge in [-0.15, -0.1) is 0 Å². The van der Waals surface area contributed by atoms with E-state index in [1.807, 2.05) is 18.2 Å². The topological polar surface area (TPSA) is 60.2 Å². The largest absolute Gasteiger partial charge is 0.357 e. The Kier molecular flexibility index (Phi) is 4.10. The summed E-state index contributed by atoms with van der Waals surface area (Å²) in [6.45, 7) is 2.62. The molecule has 0 spiro atoms. The molecule has 1 aliphatic rings. The number of carbonyl (C=O) groups is 1. The smallest absolute Gasteiger partial charge is 0.315 e. The second kappa shape index (κ2) is 6.18. The first-order valence-corrected chi connectivity index (χ1v) is 7.50. The maximum atomic E-state index is 11.9. The van der Waals surface area contributed by atoms with E-state index in [1.54, 1.807) is 0 Å². The van der Waals surface area contributed by atoms with Gasteiger partial charge in [0, 0.05) is 17.3 Å². The molecule has 0 aliphatic carbocycles. The fourth-order valence-electron chi connectivity index (χ4n) is 2.79. The summed E-state index contributed by atoms with van der Waals surface area (Å²) in [6, 6.07) is 10.4. The number of nitrogens with zero attached hydrogens (tertiary/aromatic N) is 1. The Morgan fingerprint density at radius 1 is 1.33 bits per heavy atom. The monoisotopic (exact) mass is 286 g/mol. The molecule has 0 saturated carbocycles. The molecule has 2 heterocycles. The highest BCUT2D eigenvalue weighted by Gasteiger charge is 2.18. The highest BCUT2D eigenvalue weighted by Crippen LogP contribution is 2.14. The summed E-state index contributed by atoms with van der Waals surface area (Å²) in [6.07, 6.45) is 2.05. The summed E-state index contributed by atoms with van der Waals surface area (Å²) in [5.74, 6) is 0. The predicted octanol–water partition coefficient (Wildman–Crippen LogP) is 2.06. The molecule has 5 nitrogen and oxygen atoms in total. The minimum absolute atomic E-state index is 0.0804. The van der Waals surface area contributed by atoms with Crippen LogP contribution in [0.3, 0.4) is 0 Å². The maximum Gasteiger partial charge on any atom is 0.315 e. The summed E-state index contributed by atoms with van der Waals surface area (Å²) in [7, 11) is 2.12. The summed E-state index contributed by atoms with van der Waals surface area (Å²) in [5, 5.41) is 7.15. The van der Waals surface area contributed by atoms with Gasteiger partial charge in [-0.3, -0.25) is 0 Å². The van der Waals surface area contributed by atoms with Gasteiger partial charge in [-0.2, -0.15) is 0 Å². The van der Waals surface area contributed by atoms with Crippen molar-refractivity contribution in [2.24, 2.45) is 0 Å². The normalized spacial score (nSPS) is 17.0. The lowest BCUT2D eigenvalue weighted by atomic mass is 10.1. The van der Waals surface area contributed by atoms with E-state index in [-0.39, 0.29) is 6.03 Å². The summed E-state index contributed by atoms with van der Waals surface area (Å²) in [5.41, 5.74) is 2.12. The number of amides is 2. The van der Waals surface area contributed by atoms with Crippen molar-refractivity contribution in [3.05, 3.63) is 36.0 Å². The van der Waals surface area contributed by atoms with Crippen LogP contribution in [0.15, 0.2) is 30.3 Å². The van der Waals surface area contributed by atoms with E-state index in [2.05, 4.69) is 39.7 Å². The van der Waals surface area contributed by atoms with Crippen LogP contribution in [0.1, 0.15) is 18.5 Å².